The zero-order valence-corrected chi connectivity index (χ0v) is 15.8. The SMILES string of the molecule is Cc1cccc(Nc2nnc(SC[C@H](O)c3ccc(F)c(F)c3)s2)c1C. The molecule has 0 aliphatic heterocycles. The molecule has 0 aliphatic rings. The van der Waals surface area contributed by atoms with Gasteiger partial charge in [-0.25, -0.2) is 8.78 Å². The van der Waals surface area contributed by atoms with Gasteiger partial charge in [-0.15, -0.1) is 10.2 Å². The molecule has 3 rings (SSSR count). The van der Waals surface area contributed by atoms with Crippen LogP contribution in [0.2, 0.25) is 0 Å². The van der Waals surface area contributed by atoms with Crippen molar-refractivity contribution in [2.75, 3.05) is 11.1 Å². The molecule has 1 heterocycles. The number of nitrogens with one attached hydrogen (secondary N) is 1. The van der Waals surface area contributed by atoms with E-state index in [9.17, 15) is 13.9 Å². The fourth-order valence-electron chi connectivity index (χ4n) is 2.29. The Morgan fingerprint density at radius 3 is 2.73 bits per heavy atom. The third-order valence-corrected chi connectivity index (χ3v) is 5.99. The van der Waals surface area contributed by atoms with Gasteiger partial charge < -0.3 is 10.4 Å². The summed E-state index contributed by atoms with van der Waals surface area (Å²) >= 11 is 2.68. The second-order valence-electron chi connectivity index (χ2n) is 5.75. The lowest BCUT2D eigenvalue weighted by molar-refractivity contribution is 0.203. The van der Waals surface area contributed by atoms with Crippen LogP contribution in [0.5, 0.6) is 0 Å². The van der Waals surface area contributed by atoms with Crippen LogP contribution in [0, 0.1) is 25.5 Å². The summed E-state index contributed by atoms with van der Waals surface area (Å²) in [5, 5.41) is 22.2. The maximum atomic E-state index is 13.3. The zero-order chi connectivity index (χ0) is 18.7. The lowest BCUT2D eigenvalue weighted by atomic mass is 10.1. The quantitative estimate of drug-likeness (QED) is 0.577. The van der Waals surface area contributed by atoms with Crippen LogP contribution >= 0.6 is 23.1 Å². The number of halogens is 2. The van der Waals surface area contributed by atoms with Crippen molar-refractivity contribution in [3.8, 4) is 0 Å². The second kappa shape index (κ2) is 8.11. The van der Waals surface area contributed by atoms with E-state index < -0.39 is 17.7 Å². The highest BCUT2D eigenvalue weighted by Gasteiger charge is 2.14. The molecule has 3 aromatic rings. The molecule has 0 radical (unpaired) electrons. The van der Waals surface area contributed by atoms with Crippen molar-refractivity contribution in [1.29, 1.82) is 0 Å². The molecule has 8 heteroatoms. The van der Waals surface area contributed by atoms with Crippen LogP contribution in [0.25, 0.3) is 0 Å². The molecule has 0 amide bonds. The second-order valence-corrected chi connectivity index (χ2v) is 7.99. The predicted molar refractivity (Wildman–Crippen MR) is 101 cm³/mol. The highest BCUT2D eigenvalue weighted by atomic mass is 32.2. The predicted octanol–water partition coefficient (Wildman–Crippen LogP) is 5.00. The Morgan fingerprint density at radius 2 is 1.96 bits per heavy atom. The van der Waals surface area contributed by atoms with Gasteiger partial charge in [0.25, 0.3) is 0 Å². The number of benzene rings is 2. The zero-order valence-electron chi connectivity index (χ0n) is 14.2. The Bertz CT molecular complexity index is 917. The molecule has 0 spiro atoms. The molecule has 2 N–H and O–H groups in total. The van der Waals surface area contributed by atoms with E-state index in [1.165, 1.54) is 34.7 Å². The molecular weight excluding hydrogens is 376 g/mol. The largest absolute Gasteiger partial charge is 0.388 e. The fourth-order valence-corrected chi connectivity index (χ4v) is 4.04. The maximum absolute atomic E-state index is 13.3. The summed E-state index contributed by atoms with van der Waals surface area (Å²) in [6, 6.07) is 9.38. The lowest BCUT2D eigenvalue weighted by Gasteiger charge is -2.09. The van der Waals surface area contributed by atoms with E-state index in [1.54, 1.807) is 0 Å². The smallest absolute Gasteiger partial charge is 0.210 e. The number of nitrogens with zero attached hydrogens (tertiary/aromatic N) is 2. The molecule has 0 aliphatic carbocycles. The Labute approximate surface area is 158 Å². The number of aromatic nitrogens is 2. The third kappa shape index (κ3) is 4.38. The van der Waals surface area contributed by atoms with E-state index in [2.05, 4.69) is 15.5 Å². The molecule has 4 nitrogen and oxygen atoms in total. The molecule has 2 aromatic carbocycles. The topological polar surface area (TPSA) is 58.0 Å². The molecule has 0 bridgehead atoms. The first kappa shape index (κ1) is 18.8. The van der Waals surface area contributed by atoms with Crippen molar-refractivity contribution in [2.45, 2.75) is 24.3 Å². The summed E-state index contributed by atoms with van der Waals surface area (Å²) in [7, 11) is 0. The molecule has 0 fully saturated rings. The first-order valence-electron chi connectivity index (χ1n) is 7.86. The average molecular weight is 393 g/mol. The summed E-state index contributed by atoms with van der Waals surface area (Å²) in [6.45, 7) is 4.08. The summed E-state index contributed by atoms with van der Waals surface area (Å²) in [5.74, 6) is -1.63. The molecule has 0 unspecified atom stereocenters. The molecule has 0 saturated heterocycles. The Morgan fingerprint density at radius 1 is 1.15 bits per heavy atom. The molecule has 1 aromatic heterocycles. The van der Waals surface area contributed by atoms with Crippen molar-refractivity contribution in [1.82, 2.24) is 10.2 Å². The maximum Gasteiger partial charge on any atom is 0.210 e. The summed E-state index contributed by atoms with van der Waals surface area (Å²) in [6.07, 6.45) is -0.922. The molecule has 26 heavy (non-hydrogen) atoms. The number of hydrogen-bond acceptors (Lipinski definition) is 6. The van der Waals surface area contributed by atoms with E-state index in [4.69, 9.17) is 0 Å². The van der Waals surface area contributed by atoms with Crippen molar-refractivity contribution >= 4 is 33.9 Å². The van der Waals surface area contributed by atoms with Gasteiger partial charge in [0.15, 0.2) is 16.0 Å². The molecular formula is C18H17F2N3OS2. The average Bonchev–Trinajstić information content (AvgIpc) is 3.07. The molecule has 0 saturated carbocycles. The first-order valence-corrected chi connectivity index (χ1v) is 9.67. The molecule has 1 atom stereocenters. The van der Waals surface area contributed by atoms with E-state index >= 15 is 0 Å². The summed E-state index contributed by atoms with van der Waals surface area (Å²) < 4.78 is 26.9. The Balaban J connectivity index is 1.61. The Kier molecular flexibility index (Phi) is 5.85. The standard InChI is InChI=1S/C18H17F2N3OS2/c1-10-4-3-5-15(11(10)2)21-17-22-23-18(26-17)25-9-16(24)12-6-7-13(19)14(20)8-12/h3-8,16,24H,9H2,1-2H3,(H,21,22)/t16-/m0/s1. The monoisotopic (exact) mass is 393 g/mol. The van der Waals surface area contributed by atoms with Gasteiger partial charge in [0.2, 0.25) is 5.13 Å². The number of aryl methyl sites for hydroxylation is 1. The summed E-state index contributed by atoms with van der Waals surface area (Å²) in [5.41, 5.74) is 3.63. The van der Waals surface area contributed by atoms with Gasteiger partial charge in [-0.2, -0.15) is 0 Å². The lowest BCUT2D eigenvalue weighted by Crippen LogP contribution is -2.01. The van der Waals surface area contributed by atoms with E-state index in [1.807, 2.05) is 32.0 Å². The van der Waals surface area contributed by atoms with Gasteiger partial charge in [-0.3, -0.25) is 0 Å². The van der Waals surface area contributed by atoms with Crippen LogP contribution in [0.15, 0.2) is 40.7 Å². The van der Waals surface area contributed by atoms with Crippen molar-refractivity contribution in [3.05, 3.63) is 64.7 Å². The van der Waals surface area contributed by atoms with Crippen LogP contribution in [0.1, 0.15) is 22.8 Å². The third-order valence-electron chi connectivity index (χ3n) is 3.95. The molecule has 136 valence electrons. The van der Waals surface area contributed by atoms with Crippen LogP contribution in [-0.4, -0.2) is 21.1 Å². The highest BCUT2D eigenvalue weighted by molar-refractivity contribution is 8.01. The van der Waals surface area contributed by atoms with Crippen molar-refractivity contribution < 1.29 is 13.9 Å². The van der Waals surface area contributed by atoms with E-state index in [0.717, 1.165) is 23.4 Å². The number of aliphatic hydroxyl groups is 1. The van der Waals surface area contributed by atoms with Gasteiger partial charge in [-0.1, -0.05) is 41.3 Å². The van der Waals surface area contributed by atoms with Crippen molar-refractivity contribution in [2.24, 2.45) is 0 Å². The minimum atomic E-state index is -0.970. The summed E-state index contributed by atoms with van der Waals surface area (Å²) in [4.78, 5) is 0. The number of aliphatic hydroxyl groups excluding tert-OH is 1. The van der Waals surface area contributed by atoms with E-state index in [0.29, 0.717) is 15.0 Å². The number of hydrogen-bond donors (Lipinski definition) is 2. The van der Waals surface area contributed by atoms with Gasteiger partial charge in [0.1, 0.15) is 0 Å². The first-order chi connectivity index (χ1) is 12.4. The number of rotatable bonds is 6. The minimum Gasteiger partial charge on any atom is -0.388 e. The van der Waals surface area contributed by atoms with Gasteiger partial charge in [0.05, 0.1) is 6.10 Å². The van der Waals surface area contributed by atoms with Crippen LogP contribution in [0.4, 0.5) is 19.6 Å². The van der Waals surface area contributed by atoms with Crippen LogP contribution in [0.3, 0.4) is 0 Å². The number of anilines is 2. The van der Waals surface area contributed by atoms with Crippen molar-refractivity contribution in [3.63, 3.8) is 0 Å². The van der Waals surface area contributed by atoms with Crippen LogP contribution in [-0.2, 0) is 0 Å². The van der Waals surface area contributed by atoms with E-state index in [-0.39, 0.29) is 5.75 Å². The normalized spacial score (nSPS) is 12.2. The minimum absolute atomic E-state index is 0.267. The van der Waals surface area contributed by atoms with Gasteiger partial charge >= 0.3 is 0 Å². The number of thioether (sulfide) groups is 1. The highest BCUT2D eigenvalue weighted by Crippen LogP contribution is 2.31. The fraction of sp³-hybridized carbons (Fsp3) is 0.222. The van der Waals surface area contributed by atoms with Gasteiger partial charge in [-0.05, 0) is 48.7 Å². The Hall–Kier alpha value is -2.03. The van der Waals surface area contributed by atoms with Gasteiger partial charge in [0, 0.05) is 11.4 Å². The van der Waals surface area contributed by atoms with Crippen LogP contribution < -0.4 is 5.32 Å².